The van der Waals surface area contributed by atoms with E-state index in [0.717, 1.165) is 4.31 Å². The molecular weight excluding hydrogens is 170 g/mol. The standard InChI is InChI=1S/C5H9NO4S/c1-6(11(9)10)5(2-3-5)4(7)8/h11H,2-3H2,1H3,(H,7,8). The summed E-state index contributed by atoms with van der Waals surface area (Å²) in [6.07, 6.45) is 0.838. The van der Waals surface area contributed by atoms with Crippen molar-refractivity contribution in [2.45, 2.75) is 18.4 Å². The van der Waals surface area contributed by atoms with Gasteiger partial charge in [-0.3, -0.25) is 4.79 Å². The van der Waals surface area contributed by atoms with Crippen LogP contribution in [-0.2, 0) is 15.7 Å². The van der Waals surface area contributed by atoms with Crippen molar-refractivity contribution in [3.63, 3.8) is 0 Å². The summed E-state index contributed by atoms with van der Waals surface area (Å²) in [5.41, 5.74) is -1.12. The molecule has 6 heteroatoms. The molecule has 0 heterocycles. The quantitative estimate of drug-likeness (QED) is 0.548. The fourth-order valence-electron chi connectivity index (χ4n) is 0.951. The zero-order valence-corrected chi connectivity index (χ0v) is 6.88. The van der Waals surface area contributed by atoms with Gasteiger partial charge in [0.1, 0.15) is 5.54 Å². The molecule has 0 bridgehead atoms. The Hall–Kier alpha value is -0.620. The second kappa shape index (κ2) is 2.46. The van der Waals surface area contributed by atoms with Crippen LogP contribution in [0.15, 0.2) is 0 Å². The van der Waals surface area contributed by atoms with Gasteiger partial charge in [-0.1, -0.05) is 0 Å². The molecule has 1 aliphatic carbocycles. The molecule has 1 saturated carbocycles. The Morgan fingerprint density at radius 2 is 2.00 bits per heavy atom. The van der Waals surface area contributed by atoms with E-state index in [1.165, 1.54) is 7.05 Å². The summed E-state index contributed by atoms with van der Waals surface area (Å²) in [7, 11) is -1.48. The highest BCUT2D eigenvalue weighted by Crippen LogP contribution is 2.40. The topological polar surface area (TPSA) is 74.7 Å². The zero-order valence-electron chi connectivity index (χ0n) is 5.98. The molecule has 1 rings (SSSR count). The molecular formula is C5H9NO4S. The first-order valence-corrected chi connectivity index (χ1v) is 4.25. The van der Waals surface area contributed by atoms with Gasteiger partial charge in [-0.05, 0) is 12.8 Å². The number of carboxylic acids is 1. The third-order valence-electron chi connectivity index (χ3n) is 1.99. The van der Waals surface area contributed by atoms with E-state index in [-0.39, 0.29) is 0 Å². The van der Waals surface area contributed by atoms with Crippen LogP contribution in [0.25, 0.3) is 0 Å². The monoisotopic (exact) mass is 179 g/mol. The maximum atomic E-state index is 10.5. The Bertz CT molecular complexity index is 247. The van der Waals surface area contributed by atoms with Crippen molar-refractivity contribution in [1.29, 1.82) is 0 Å². The third kappa shape index (κ3) is 1.23. The van der Waals surface area contributed by atoms with Gasteiger partial charge in [-0.2, -0.15) is 4.31 Å². The van der Waals surface area contributed by atoms with Gasteiger partial charge in [0.05, 0.1) is 0 Å². The number of carbonyl (C=O) groups is 1. The Labute approximate surface area is 65.7 Å². The van der Waals surface area contributed by atoms with E-state index in [1.54, 1.807) is 0 Å². The summed E-state index contributed by atoms with van der Waals surface area (Å²) in [4.78, 5) is 10.5. The first-order valence-electron chi connectivity index (χ1n) is 3.12. The first kappa shape index (κ1) is 8.48. The molecule has 0 unspecified atom stereocenters. The number of hydrogen-bond acceptors (Lipinski definition) is 3. The van der Waals surface area contributed by atoms with E-state index < -0.39 is 22.4 Å². The molecule has 1 aliphatic rings. The highest BCUT2D eigenvalue weighted by atomic mass is 32.2. The summed E-state index contributed by atoms with van der Waals surface area (Å²) in [6, 6.07) is 0. The van der Waals surface area contributed by atoms with Crippen molar-refractivity contribution in [1.82, 2.24) is 4.31 Å². The molecule has 0 aromatic carbocycles. The van der Waals surface area contributed by atoms with Crippen LogP contribution in [0.1, 0.15) is 12.8 Å². The summed E-state index contributed by atoms with van der Waals surface area (Å²) >= 11 is 0. The predicted molar refractivity (Wildman–Crippen MR) is 37.7 cm³/mol. The molecule has 0 aromatic rings. The SMILES string of the molecule is CN([SH](=O)=O)C1(C(=O)O)CC1. The van der Waals surface area contributed by atoms with Gasteiger partial charge in [0.25, 0.3) is 0 Å². The Kier molecular flexibility index (Phi) is 1.89. The molecule has 0 atom stereocenters. The molecule has 64 valence electrons. The van der Waals surface area contributed by atoms with Crippen molar-refractivity contribution in [3.05, 3.63) is 0 Å². The molecule has 0 aliphatic heterocycles. The molecule has 0 spiro atoms. The van der Waals surface area contributed by atoms with Gasteiger partial charge in [-0.25, -0.2) is 8.42 Å². The smallest absolute Gasteiger partial charge is 0.325 e. The lowest BCUT2D eigenvalue weighted by molar-refractivity contribution is -0.142. The lowest BCUT2D eigenvalue weighted by Crippen LogP contribution is -2.39. The summed E-state index contributed by atoms with van der Waals surface area (Å²) in [6.45, 7) is 0. The van der Waals surface area contributed by atoms with E-state index in [0.29, 0.717) is 12.8 Å². The van der Waals surface area contributed by atoms with Gasteiger partial charge in [0.2, 0.25) is 10.9 Å². The van der Waals surface area contributed by atoms with E-state index in [9.17, 15) is 13.2 Å². The van der Waals surface area contributed by atoms with E-state index in [2.05, 4.69) is 0 Å². The number of rotatable bonds is 3. The van der Waals surface area contributed by atoms with Crippen LogP contribution in [0, 0.1) is 0 Å². The molecule has 1 fully saturated rings. The highest BCUT2D eigenvalue weighted by molar-refractivity contribution is 7.69. The second-order valence-corrected chi connectivity index (χ2v) is 3.67. The predicted octanol–water partition coefficient (Wildman–Crippen LogP) is -0.938. The Morgan fingerprint density at radius 1 is 1.55 bits per heavy atom. The van der Waals surface area contributed by atoms with E-state index >= 15 is 0 Å². The van der Waals surface area contributed by atoms with Crippen LogP contribution in [0.3, 0.4) is 0 Å². The van der Waals surface area contributed by atoms with Gasteiger partial charge in [0.15, 0.2) is 0 Å². The van der Waals surface area contributed by atoms with Crippen molar-refractivity contribution in [2.75, 3.05) is 7.05 Å². The maximum Gasteiger partial charge on any atom is 0.325 e. The fourth-order valence-corrected chi connectivity index (χ4v) is 1.55. The fraction of sp³-hybridized carbons (Fsp3) is 0.800. The highest BCUT2D eigenvalue weighted by Gasteiger charge is 2.55. The number of aliphatic carboxylic acids is 1. The van der Waals surface area contributed by atoms with Crippen molar-refractivity contribution >= 4 is 16.9 Å². The van der Waals surface area contributed by atoms with Crippen molar-refractivity contribution < 1.29 is 18.3 Å². The summed E-state index contributed by atoms with van der Waals surface area (Å²) in [5, 5.41) is 8.61. The van der Waals surface area contributed by atoms with Gasteiger partial charge in [0, 0.05) is 7.05 Å². The molecule has 0 amide bonds. The van der Waals surface area contributed by atoms with Crippen LogP contribution in [-0.4, -0.2) is 36.4 Å². The van der Waals surface area contributed by atoms with Crippen LogP contribution >= 0.6 is 0 Å². The Balaban J connectivity index is 2.81. The van der Waals surface area contributed by atoms with Crippen LogP contribution in [0.5, 0.6) is 0 Å². The van der Waals surface area contributed by atoms with Crippen molar-refractivity contribution in [2.24, 2.45) is 0 Å². The first-order chi connectivity index (χ1) is 5.00. The normalized spacial score (nSPS) is 20.6. The lowest BCUT2D eigenvalue weighted by atomic mass is 10.3. The lowest BCUT2D eigenvalue weighted by Gasteiger charge is -2.16. The number of hydrogen-bond donors (Lipinski definition) is 2. The molecule has 0 aromatic heterocycles. The molecule has 1 N–H and O–H groups in total. The van der Waals surface area contributed by atoms with Crippen LogP contribution in [0.4, 0.5) is 0 Å². The second-order valence-electron chi connectivity index (χ2n) is 2.60. The van der Waals surface area contributed by atoms with Crippen molar-refractivity contribution in [3.8, 4) is 0 Å². The molecule has 0 radical (unpaired) electrons. The van der Waals surface area contributed by atoms with Gasteiger partial charge in [-0.15, -0.1) is 0 Å². The van der Waals surface area contributed by atoms with E-state index in [4.69, 9.17) is 5.11 Å². The van der Waals surface area contributed by atoms with Gasteiger partial charge >= 0.3 is 5.97 Å². The summed E-state index contributed by atoms with van der Waals surface area (Å²) in [5.74, 6) is -1.06. The van der Waals surface area contributed by atoms with Gasteiger partial charge < -0.3 is 5.11 Å². The Morgan fingerprint density at radius 3 is 2.09 bits per heavy atom. The zero-order chi connectivity index (χ0) is 8.65. The number of carboxylic acid groups (broad SMARTS) is 1. The average molecular weight is 179 g/mol. The minimum atomic E-state index is -2.77. The van der Waals surface area contributed by atoms with E-state index in [1.807, 2.05) is 0 Å². The average Bonchev–Trinajstić information content (AvgIpc) is 2.65. The minimum absolute atomic E-state index is 0.419. The molecule has 5 nitrogen and oxygen atoms in total. The minimum Gasteiger partial charge on any atom is -0.480 e. The van der Waals surface area contributed by atoms with Crippen LogP contribution < -0.4 is 0 Å². The maximum absolute atomic E-state index is 10.5. The number of likely N-dealkylation sites (N-methyl/N-ethyl adjacent to an activating group) is 1. The number of thiol groups is 1. The number of nitrogens with zero attached hydrogens (tertiary/aromatic N) is 1. The molecule has 11 heavy (non-hydrogen) atoms. The third-order valence-corrected chi connectivity index (χ3v) is 2.86. The largest absolute Gasteiger partial charge is 0.480 e. The molecule has 0 saturated heterocycles. The summed E-state index contributed by atoms with van der Waals surface area (Å²) < 4.78 is 21.7. The van der Waals surface area contributed by atoms with Crippen LogP contribution in [0.2, 0.25) is 0 Å².